The fourth-order valence-electron chi connectivity index (χ4n) is 0.484. The van der Waals surface area contributed by atoms with E-state index in [1.807, 2.05) is 0 Å². The van der Waals surface area contributed by atoms with E-state index >= 15 is 0 Å². The van der Waals surface area contributed by atoms with Gasteiger partial charge in [-0.1, -0.05) is 0 Å². The first kappa shape index (κ1) is 12.2. The van der Waals surface area contributed by atoms with Crippen LogP contribution in [0, 0.1) is 6.07 Å². The molecule has 0 fully saturated rings. The molecule has 0 saturated heterocycles. The van der Waals surface area contributed by atoms with E-state index < -0.39 is 23.4 Å². The van der Waals surface area contributed by atoms with Gasteiger partial charge in [0.15, 0.2) is 0 Å². The van der Waals surface area contributed by atoms with Crippen molar-refractivity contribution in [3.63, 3.8) is 0 Å². The molecule has 1 N–H and O–H groups in total. The molecule has 1 heterocycles. The molecule has 0 aromatic carbocycles. The third-order valence-electron chi connectivity index (χ3n) is 0.965. The van der Waals surface area contributed by atoms with Crippen LogP contribution in [0.5, 0.6) is 5.75 Å². The summed E-state index contributed by atoms with van der Waals surface area (Å²) in [5.74, 6) is -1.60. The van der Waals surface area contributed by atoms with Crippen LogP contribution in [-0.4, -0.2) is 5.11 Å². The molecule has 12 heavy (non-hydrogen) atoms. The van der Waals surface area contributed by atoms with Crippen molar-refractivity contribution in [2.45, 2.75) is 6.43 Å². The normalized spacial score (nSPS) is 9.58. The summed E-state index contributed by atoms with van der Waals surface area (Å²) in [6, 6.07) is 1.65. The van der Waals surface area contributed by atoms with E-state index in [1.165, 1.54) is 0 Å². The minimum Gasteiger partial charge on any atom is -0.586 e. The molecule has 0 unspecified atom stereocenters. The Morgan fingerprint density at radius 3 is 2.58 bits per heavy atom. The number of hydrogen-bond donors (Lipinski definition) is 1. The monoisotopic (exact) mass is 200 g/mol. The average molecular weight is 200 g/mol. The van der Waals surface area contributed by atoms with Crippen LogP contribution in [0.2, 0.25) is 0 Å². The molecule has 0 spiro atoms. The quantitative estimate of drug-likeness (QED) is 0.425. The summed E-state index contributed by atoms with van der Waals surface area (Å²) in [6.45, 7) is 0. The van der Waals surface area contributed by atoms with Gasteiger partial charge in [-0.3, -0.25) is 0 Å². The van der Waals surface area contributed by atoms with Crippen molar-refractivity contribution in [1.29, 1.82) is 0 Å². The Labute approximate surface area is 109 Å². The predicted octanol–water partition coefficient (Wildman–Crippen LogP) is -1.91. The molecular weight excluding hydrogens is 197 g/mol. The van der Waals surface area contributed by atoms with Gasteiger partial charge in [0.25, 0.3) is 6.43 Å². The van der Waals surface area contributed by atoms with E-state index in [-0.39, 0.29) is 51.4 Å². The topological polar surface area (TPSA) is 50.4 Å². The molecule has 60 valence electrons. The Kier molecular flexibility index (Phi) is 5.18. The number of halogens is 2. The summed E-state index contributed by atoms with van der Waals surface area (Å²) in [5, 5.41) is 8.54. The van der Waals surface area contributed by atoms with Gasteiger partial charge in [0.05, 0.1) is 17.5 Å². The van der Waals surface area contributed by atoms with Crippen LogP contribution in [-0.2, 0) is 0 Å². The van der Waals surface area contributed by atoms with Crippen molar-refractivity contribution in [1.82, 2.24) is 0 Å². The van der Waals surface area contributed by atoms with Crippen molar-refractivity contribution in [2.24, 2.45) is 0 Å². The van der Waals surface area contributed by atoms with Gasteiger partial charge in [-0.15, -0.1) is 0 Å². The molecule has 0 amide bonds. The van der Waals surface area contributed by atoms with Crippen molar-refractivity contribution in [2.75, 3.05) is 0 Å². The van der Waals surface area contributed by atoms with Crippen molar-refractivity contribution < 1.29 is 69.7 Å². The van der Waals surface area contributed by atoms with E-state index in [1.54, 1.807) is 6.07 Å². The Bertz CT molecular complexity index is 310. The van der Waals surface area contributed by atoms with Crippen LogP contribution in [0.25, 0.3) is 0 Å². The third-order valence-corrected chi connectivity index (χ3v) is 0.965. The predicted molar refractivity (Wildman–Crippen MR) is 30.4 cm³/mol. The first-order chi connectivity index (χ1) is 5.11. The summed E-state index contributed by atoms with van der Waals surface area (Å²) in [5.41, 5.74) is -0.994. The van der Waals surface area contributed by atoms with Gasteiger partial charge in [0.2, 0.25) is 0 Å². The van der Waals surface area contributed by atoms with Crippen LogP contribution in [0.15, 0.2) is 15.5 Å². The molecule has 0 saturated carbocycles. The van der Waals surface area contributed by atoms with Gasteiger partial charge in [0.1, 0.15) is 0 Å². The summed E-state index contributed by atoms with van der Waals surface area (Å²) in [4.78, 5) is 10.4. The van der Waals surface area contributed by atoms with Crippen molar-refractivity contribution >= 4 is 0 Å². The molecule has 0 aliphatic heterocycles. The summed E-state index contributed by atoms with van der Waals surface area (Å²) < 4.78 is 27.6. The first-order valence-corrected chi connectivity index (χ1v) is 2.63. The molecule has 0 aliphatic carbocycles. The number of aromatic hydroxyl groups is 1. The summed E-state index contributed by atoms with van der Waals surface area (Å²) in [6.07, 6.45) is -2.33. The zero-order valence-corrected chi connectivity index (χ0v) is 9.30. The van der Waals surface area contributed by atoms with E-state index in [9.17, 15) is 13.6 Å². The van der Waals surface area contributed by atoms with Gasteiger partial charge in [-0.05, 0) is 0 Å². The zero-order chi connectivity index (χ0) is 8.43. The average Bonchev–Trinajstić information content (AvgIpc) is 1.94. The molecule has 3 nitrogen and oxygen atoms in total. The van der Waals surface area contributed by atoms with Gasteiger partial charge in [0, 0.05) is 5.75 Å². The smallest absolute Gasteiger partial charge is 0.586 e. The van der Waals surface area contributed by atoms with Crippen LogP contribution < -0.4 is 56.8 Å². The maximum Gasteiger partial charge on any atom is 1.00 e. The van der Waals surface area contributed by atoms with Crippen LogP contribution in [0.3, 0.4) is 0 Å². The van der Waals surface area contributed by atoms with Crippen LogP contribution >= 0.6 is 0 Å². The third kappa shape index (κ3) is 2.95. The van der Waals surface area contributed by atoms with Gasteiger partial charge < -0.3 is 14.3 Å². The maximum absolute atomic E-state index is 11.7. The van der Waals surface area contributed by atoms with Crippen LogP contribution in [0.4, 0.5) is 8.78 Å². The molecule has 0 radical (unpaired) electrons. The van der Waals surface area contributed by atoms with E-state index in [0.29, 0.717) is 6.26 Å². The van der Waals surface area contributed by atoms with Crippen molar-refractivity contribution in [3.05, 3.63) is 28.3 Å². The molecule has 6 heteroatoms. The summed E-state index contributed by atoms with van der Waals surface area (Å²) in [7, 11) is 0. The van der Waals surface area contributed by atoms with E-state index in [2.05, 4.69) is 4.42 Å². The number of alkyl halides is 2. The Balaban J connectivity index is 0.00000121. The van der Waals surface area contributed by atoms with Crippen LogP contribution in [0.1, 0.15) is 12.2 Å². The van der Waals surface area contributed by atoms with E-state index in [4.69, 9.17) is 5.11 Å². The number of hydrogen-bond acceptors (Lipinski definition) is 3. The summed E-state index contributed by atoms with van der Waals surface area (Å²) >= 11 is 0. The maximum atomic E-state index is 11.7. The second-order valence-corrected chi connectivity index (χ2v) is 1.74. The molecule has 0 aliphatic rings. The fraction of sp³-hybridized carbons (Fsp3) is 0.167. The van der Waals surface area contributed by atoms with Gasteiger partial charge in [-0.25, -0.2) is 8.78 Å². The fourth-order valence-corrected chi connectivity index (χ4v) is 0.484. The standard InChI is InChI=1S/C6H3F2O3.K/c7-6(8)5-1-3(9)4(10)2-11-5;/h2,6,10H;/q-1;+1. The molecule has 1 rings (SSSR count). The van der Waals surface area contributed by atoms with E-state index in [0.717, 1.165) is 0 Å². The Morgan fingerprint density at radius 1 is 1.58 bits per heavy atom. The Hall–Kier alpha value is 0.246. The Morgan fingerprint density at radius 2 is 2.17 bits per heavy atom. The minimum absolute atomic E-state index is 0. The second-order valence-electron chi connectivity index (χ2n) is 1.74. The second kappa shape index (κ2) is 5.08. The van der Waals surface area contributed by atoms with Gasteiger partial charge in [-0.2, -0.15) is 6.07 Å². The molecular formula is C6H3F2KO3. The number of rotatable bonds is 1. The minimum atomic E-state index is -2.89. The SMILES string of the molecule is O=c1[c-]c(C(F)F)occ1O.[K+]. The zero-order valence-electron chi connectivity index (χ0n) is 6.17. The van der Waals surface area contributed by atoms with Gasteiger partial charge >= 0.3 is 51.4 Å². The largest absolute Gasteiger partial charge is 1.00 e. The first-order valence-electron chi connectivity index (χ1n) is 2.63. The molecule has 1 aromatic heterocycles. The van der Waals surface area contributed by atoms with Crippen molar-refractivity contribution in [3.8, 4) is 5.75 Å². The molecule has 0 atom stereocenters. The molecule has 0 bridgehead atoms. The molecule has 1 aromatic rings.